The Balaban J connectivity index is 2.11. The van der Waals surface area contributed by atoms with Crippen LogP contribution in [0.25, 0.3) is 0 Å². The molecule has 3 rings (SSSR count). The molecule has 0 bridgehead atoms. The summed E-state index contributed by atoms with van der Waals surface area (Å²) in [5.41, 5.74) is 0.680. The summed E-state index contributed by atoms with van der Waals surface area (Å²) in [6, 6.07) is 8.77. The van der Waals surface area contributed by atoms with Gasteiger partial charge in [-0.05, 0) is 38.3 Å². The van der Waals surface area contributed by atoms with Gasteiger partial charge in [-0.25, -0.2) is 4.79 Å². The Morgan fingerprint density at radius 2 is 1.88 bits per heavy atom. The van der Waals surface area contributed by atoms with Gasteiger partial charge in [0.05, 0.1) is 5.69 Å². The van der Waals surface area contributed by atoms with Crippen LogP contribution in [0.15, 0.2) is 39.9 Å². The average Bonchev–Trinajstić information content (AvgIpc) is 2.86. The van der Waals surface area contributed by atoms with E-state index in [1.807, 2.05) is 6.07 Å². The van der Waals surface area contributed by atoms with E-state index in [9.17, 15) is 14.4 Å². The highest BCUT2D eigenvalue weighted by Crippen LogP contribution is 2.18. The van der Waals surface area contributed by atoms with E-state index in [2.05, 4.69) is 5.32 Å². The molecule has 1 aromatic heterocycles. The smallest absolute Gasteiger partial charge is 0.316 e. The molecule has 1 N–H and O–H groups in total. The molecule has 126 valence electrons. The van der Waals surface area contributed by atoms with Gasteiger partial charge in [0, 0.05) is 18.7 Å². The fourth-order valence-corrected chi connectivity index (χ4v) is 3.15. The van der Waals surface area contributed by atoms with E-state index in [0.29, 0.717) is 24.2 Å². The second-order valence-electron chi connectivity index (χ2n) is 5.94. The first-order chi connectivity index (χ1) is 11.6. The summed E-state index contributed by atoms with van der Waals surface area (Å²) >= 11 is 0. The molecule has 0 fully saturated rings. The predicted octanol–water partition coefficient (Wildman–Crippen LogP) is 2.01. The summed E-state index contributed by atoms with van der Waals surface area (Å²) in [4.78, 5) is 37.7. The number of nitrogens with one attached hydrogen (secondary N) is 1. The van der Waals surface area contributed by atoms with Crippen LogP contribution in [-0.4, -0.2) is 15.0 Å². The van der Waals surface area contributed by atoms with Gasteiger partial charge in [0.25, 0.3) is 11.5 Å². The number of hydrogen-bond donors (Lipinski definition) is 1. The first kappa shape index (κ1) is 16.2. The molecule has 6 heteroatoms. The minimum Gasteiger partial charge on any atom is -0.316 e. The zero-order valence-electron chi connectivity index (χ0n) is 13.7. The van der Waals surface area contributed by atoms with Crippen LogP contribution in [0.3, 0.4) is 0 Å². The molecule has 1 amide bonds. The van der Waals surface area contributed by atoms with Gasteiger partial charge in [0.1, 0.15) is 5.69 Å². The SMILES string of the molecule is CCn1c(=O)c(NC(=O)c2ccccc2)c2n(c1=O)CCCCC2. The summed E-state index contributed by atoms with van der Waals surface area (Å²) in [5.74, 6) is -0.332. The fraction of sp³-hybridized carbons (Fsp3) is 0.389. The number of carbonyl (C=O) groups excluding carboxylic acids is 1. The molecule has 1 aliphatic rings. The van der Waals surface area contributed by atoms with Crippen molar-refractivity contribution in [1.29, 1.82) is 0 Å². The van der Waals surface area contributed by atoms with Gasteiger partial charge in [0.2, 0.25) is 0 Å². The van der Waals surface area contributed by atoms with Crippen LogP contribution in [0, 0.1) is 0 Å². The molecule has 1 aromatic carbocycles. The van der Waals surface area contributed by atoms with Crippen molar-refractivity contribution < 1.29 is 4.79 Å². The fourth-order valence-electron chi connectivity index (χ4n) is 3.15. The largest absolute Gasteiger partial charge is 0.331 e. The Morgan fingerprint density at radius 1 is 1.12 bits per heavy atom. The van der Waals surface area contributed by atoms with Crippen LogP contribution in [0.1, 0.15) is 42.2 Å². The number of hydrogen-bond acceptors (Lipinski definition) is 3. The number of aromatic nitrogens is 2. The van der Waals surface area contributed by atoms with E-state index in [-0.39, 0.29) is 23.8 Å². The van der Waals surface area contributed by atoms with Gasteiger partial charge in [-0.3, -0.25) is 18.7 Å². The van der Waals surface area contributed by atoms with Crippen molar-refractivity contribution >= 4 is 11.6 Å². The van der Waals surface area contributed by atoms with Crippen LogP contribution in [0.4, 0.5) is 5.69 Å². The maximum absolute atomic E-state index is 12.7. The van der Waals surface area contributed by atoms with Crippen LogP contribution in [0.5, 0.6) is 0 Å². The van der Waals surface area contributed by atoms with E-state index in [4.69, 9.17) is 0 Å². The number of benzene rings is 1. The monoisotopic (exact) mass is 327 g/mol. The van der Waals surface area contributed by atoms with Crippen molar-refractivity contribution in [3.8, 4) is 0 Å². The van der Waals surface area contributed by atoms with Crippen molar-refractivity contribution in [2.45, 2.75) is 45.7 Å². The lowest BCUT2D eigenvalue weighted by molar-refractivity contribution is 0.102. The van der Waals surface area contributed by atoms with Crippen LogP contribution >= 0.6 is 0 Å². The normalized spacial score (nSPS) is 13.9. The summed E-state index contributed by atoms with van der Waals surface area (Å²) in [6.45, 7) is 2.63. The zero-order valence-corrected chi connectivity index (χ0v) is 13.7. The Bertz CT molecular complexity index is 866. The first-order valence-electron chi connectivity index (χ1n) is 8.36. The standard InChI is InChI=1S/C18H21N3O3/c1-2-20-17(23)15(19-16(22)13-9-5-3-6-10-13)14-11-7-4-8-12-21(14)18(20)24/h3,5-6,9-10H,2,4,7-8,11-12H2,1H3,(H,19,22). The number of fused-ring (bicyclic) bond motifs is 1. The number of anilines is 1. The lowest BCUT2D eigenvalue weighted by atomic mass is 10.1. The molecule has 0 radical (unpaired) electrons. The number of amides is 1. The maximum Gasteiger partial charge on any atom is 0.331 e. The molecule has 0 saturated heterocycles. The van der Waals surface area contributed by atoms with E-state index in [0.717, 1.165) is 19.3 Å². The highest BCUT2D eigenvalue weighted by atomic mass is 16.2. The zero-order chi connectivity index (χ0) is 17.1. The number of carbonyl (C=O) groups is 1. The summed E-state index contributed by atoms with van der Waals surface area (Å²) < 4.78 is 2.84. The van der Waals surface area contributed by atoms with E-state index in [1.54, 1.807) is 35.8 Å². The van der Waals surface area contributed by atoms with Gasteiger partial charge in [-0.2, -0.15) is 0 Å². The number of nitrogens with zero attached hydrogens (tertiary/aromatic N) is 2. The van der Waals surface area contributed by atoms with Crippen LogP contribution in [-0.2, 0) is 19.5 Å². The van der Waals surface area contributed by atoms with Crippen molar-refractivity contribution in [2.75, 3.05) is 5.32 Å². The lowest BCUT2D eigenvalue weighted by Gasteiger charge is -2.17. The van der Waals surface area contributed by atoms with Crippen LogP contribution in [0.2, 0.25) is 0 Å². The second-order valence-corrected chi connectivity index (χ2v) is 5.94. The van der Waals surface area contributed by atoms with Crippen molar-refractivity contribution in [3.05, 3.63) is 62.4 Å². The second kappa shape index (κ2) is 6.86. The van der Waals surface area contributed by atoms with Crippen molar-refractivity contribution in [3.63, 3.8) is 0 Å². The van der Waals surface area contributed by atoms with Crippen molar-refractivity contribution in [2.24, 2.45) is 0 Å². The Kier molecular flexibility index (Phi) is 4.64. The maximum atomic E-state index is 12.7. The molecule has 2 aromatic rings. The molecule has 24 heavy (non-hydrogen) atoms. The molecule has 6 nitrogen and oxygen atoms in total. The third-order valence-electron chi connectivity index (χ3n) is 4.42. The molecular formula is C18H21N3O3. The molecule has 0 spiro atoms. The summed E-state index contributed by atoms with van der Waals surface area (Å²) in [5, 5.41) is 2.75. The van der Waals surface area contributed by atoms with E-state index >= 15 is 0 Å². The quantitative estimate of drug-likeness (QED) is 0.937. The van der Waals surface area contributed by atoms with Crippen LogP contribution < -0.4 is 16.6 Å². The third-order valence-corrected chi connectivity index (χ3v) is 4.42. The Hall–Kier alpha value is -2.63. The molecule has 0 aliphatic carbocycles. The topological polar surface area (TPSA) is 73.1 Å². The minimum absolute atomic E-state index is 0.243. The molecule has 1 aliphatic heterocycles. The third kappa shape index (κ3) is 2.91. The number of rotatable bonds is 3. The Morgan fingerprint density at radius 3 is 2.58 bits per heavy atom. The molecule has 0 saturated carbocycles. The molecular weight excluding hydrogens is 306 g/mol. The van der Waals surface area contributed by atoms with Gasteiger partial charge in [0.15, 0.2) is 0 Å². The highest BCUT2D eigenvalue weighted by Gasteiger charge is 2.21. The summed E-state index contributed by atoms with van der Waals surface area (Å²) in [7, 11) is 0. The van der Waals surface area contributed by atoms with Gasteiger partial charge in [-0.15, -0.1) is 0 Å². The van der Waals surface area contributed by atoms with Gasteiger partial charge < -0.3 is 5.32 Å². The minimum atomic E-state index is -0.417. The molecule has 0 unspecified atom stereocenters. The average molecular weight is 327 g/mol. The predicted molar refractivity (Wildman–Crippen MR) is 92.6 cm³/mol. The Labute approximate surface area is 139 Å². The highest BCUT2D eigenvalue weighted by molar-refractivity contribution is 6.04. The molecule has 0 atom stereocenters. The first-order valence-corrected chi connectivity index (χ1v) is 8.36. The van der Waals surface area contributed by atoms with Crippen molar-refractivity contribution in [1.82, 2.24) is 9.13 Å². The lowest BCUT2D eigenvalue weighted by Crippen LogP contribution is -2.43. The van der Waals surface area contributed by atoms with E-state index in [1.165, 1.54) is 4.57 Å². The van der Waals surface area contributed by atoms with Gasteiger partial charge >= 0.3 is 5.69 Å². The van der Waals surface area contributed by atoms with Gasteiger partial charge in [-0.1, -0.05) is 24.6 Å². The summed E-state index contributed by atoms with van der Waals surface area (Å²) in [6.07, 6.45) is 3.44. The van der Waals surface area contributed by atoms with E-state index < -0.39 is 5.56 Å². The molecule has 2 heterocycles.